The van der Waals surface area contributed by atoms with Crippen LogP contribution in [0.3, 0.4) is 0 Å². The maximum atomic E-state index is 13.1. The van der Waals surface area contributed by atoms with Crippen molar-refractivity contribution in [2.75, 3.05) is 33.3 Å². The molecule has 1 aromatic carbocycles. The first-order valence-corrected chi connectivity index (χ1v) is 10.9. The zero-order valence-corrected chi connectivity index (χ0v) is 17.4. The average molecular weight is 401 g/mol. The topological polar surface area (TPSA) is 58.6 Å². The number of nitrogens with zero attached hydrogens (tertiary/aromatic N) is 4. The molecule has 28 heavy (non-hydrogen) atoms. The van der Waals surface area contributed by atoms with E-state index >= 15 is 0 Å². The predicted molar refractivity (Wildman–Crippen MR) is 110 cm³/mol. The summed E-state index contributed by atoms with van der Waals surface area (Å²) in [5.41, 5.74) is 2.18. The lowest BCUT2D eigenvalue weighted by Crippen LogP contribution is -2.45. The van der Waals surface area contributed by atoms with Crippen LogP contribution in [0, 0.1) is 0 Å². The van der Waals surface area contributed by atoms with Gasteiger partial charge >= 0.3 is 0 Å². The van der Waals surface area contributed by atoms with Gasteiger partial charge in [-0.1, -0.05) is 23.0 Å². The molecule has 0 saturated carbocycles. The molecule has 0 radical (unpaired) electrons. The Kier molecular flexibility index (Phi) is 5.92. The summed E-state index contributed by atoms with van der Waals surface area (Å²) in [6.45, 7) is 5.21. The number of amides is 1. The van der Waals surface area contributed by atoms with Gasteiger partial charge in [-0.15, -0.1) is 5.10 Å². The van der Waals surface area contributed by atoms with Crippen molar-refractivity contribution < 1.29 is 9.53 Å². The highest BCUT2D eigenvalue weighted by molar-refractivity contribution is 7.03. The van der Waals surface area contributed by atoms with E-state index in [4.69, 9.17) is 4.74 Å². The van der Waals surface area contributed by atoms with Crippen molar-refractivity contribution in [2.24, 2.45) is 0 Å². The van der Waals surface area contributed by atoms with Gasteiger partial charge in [-0.3, -0.25) is 9.69 Å². The van der Waals surface area contributed by atoms with Gasteiger partial charge in [-0.25, -0.2) is 0 Å². The summed E-state index contributed by atoms with van der Waals surface area (Å²) in [4.78, 5) is 17.5. The monoisotopic (exact) mass is 400 g/mol. The highest BCUT2D eigenvalue weighted by Crippen LogP contribution is 2.40. The molecule has 7 heteroatoms. The molecule has 3 atom stereocenters. The maximum absolute atomic E-state index is 13.1. The smallest absolute Gasteiger partial charge is 0.236 e. The molecule has 2 aliphatic heterocycles. The highest BCUT2D eigenvalue weighted by atomic mass is 32.1. The fourth-order valence-electron chi connectivity index (χ4n) is 4.52. The largest absolute Gasteiger partial charge is 0.497 e. The summed E-state index contributed by atoms with van der Waals surface area (Å²) in [6, 6.07) is 8.68. The van der Waals surface area contributed by atoms with Crippen LogP contribution in [0.4, 0.5) is 0 Å². The second-order valence-corrected chi connectivity index (χ2v) is 8.54. The Balaban J connectivity index is 1.53. The first-order chi connectivity index (χ1) is 13.7. The number of ether oxygens (including phenoxy) is 1. The molecule has 0 N–H and O–H groups in total. The summed E-state index contributed by atoms with van der Waals surface area (Å²) in [6.07, 6.45) is 3.65. The van der Waals surface area contributed by atoms with Crippen molar-refractivity contribution in [3.05, 3.63) is 40.9 Å². The van der Waals surface area contributed by atoms with Gasteiger partial charge in [-0.2, -0.15) is 0 Å². The third-order valence-corrected chi connectivity index (χ3v) is 6.75. The molecule has 4 rings (SSSR count). The first kappa shape index (κ1) is 19.3. The molecule has 150 valence electrons. The van der Waals surface area contributed by atoms with Gasteiger partial charge in [0.15, 0.2) is 0 Å². The second kappa shape index (κ2) is 8.57. The van der Waals surface area contributed by atoms with E-state index < -0.39 is 0 Å². The summed E-state index contributed by atoms with van der Waals surface area (Å²) >= 11 is 1.37. The molecule has 2 saturated heterocycles. The van der Waals surface area contributed by atoms with Gasteiger partial charge in [0.1, 0.15) is 5.75 Å². The molecular weight excluding hydrogens is 372 g/mol. The Morgan fingerprint density at radius 1 is 1.29 bits per heavy atom. The van der Waals surface area contributed by atoms with Crippen LogP contribution in [0.25, 0.3) is 0 Å². The van der Waals surface area contributed by atoms with E-state index in [1.165, 1.54) is 36.4 Å². The molecule has 0 spiro atoms. The molecule has 2 fully saturated rings. The van der Waals surface area contributed by atoms with Crippen LogP contribution in [-0.4, -0.2) is 64.6 Å². The number of hydrogen-bond acceptors (Lipinski definition) is 6. The average Bonchev–Trinajstić information content (AvgIpc) is 3.39. The van der Waals surface area contributed by atoms with Crippen LogP contribution >= 0.6 is 11.5 Å². The Bertz CT molecular complexity index is 797. The van der Waals surface area contributed by atoms with Crippen LogP contribution in [0.15, 0.2) is 29.6 Å². The van der Waals surface area contributed by atoms with Crippen LogP contribution < -0.4 is 4.74 Å². The molecule has 2 aromatic rings. The summed E-state index contributed by atoms with van der Waals surface area (Å²) < 4.78 is 9.47. The van der Waals surface area contributed by atoms with E-state index in [1.807, 2.05) is 22.4 Å². The lowest BCUT2D eigenvalue weighted by molar-refractivity contribution is -0.132. The van der Waals surface area contributed by atoms with E-state index in [0.29, 0.717) is 19.1 Å². The van der Waals surface area contributed by atoms with Crippen molar-refractivity contribution in [2.45, 2.75) is 44.1 Å². The fraction of sp³-hybridized carbons (Fsp3) is 0.571. The normalized spacial score (nSPS) is 25.8. The predicted octanol–water partition coefficient (Wildman–Crippen LogP) is 3.13. The molecule has 2 aliphatic rings. The van der Waals surface area contributed by atoms with Crippen LogP contribution in [-0.2, 0) is 4.79 Å². The second-order valence-electron chi connectivity index (χ2n) is 7.93. The van der Waals surface area contributed by atoms with Crippen molar-refractivity contribution in [1.82, 2.24) is 19.4 Å². The van der Waals surface area contributed by atoms with E-state index in [1.54, 1.807) is 7.11 Å². The van der Waals surface area contributed by atoms with E-state index in [0.717, 1.165) is 24.5 Å². The molecule has 6 nitrogen and oxygen atoms in total. The number of methoxy groups -OCH3 is 1. The molecular formula is C21H28N4O2S. The number of rotatable bonds is 5. The maximum Gasteiger partial charge on any atom is 0.236 e. The number of piperidine rings is 1. The van der Waals surface area contributed by atoms with Crippen molar-refractivity contribution >= 4 is 17.4 Å². The molecule has 0 aliphatic carbocycles. The van der Waals surface area contributed by atoms with Crippen molar-refractivity contribution in [3.8, 4) is 5.75 Å². The third kappa shape index (κ3) is 4.05. The molecule has 1 unspecified atom stereocenters. The zero-order chi connectivity index (χ0) is 19.5. The van der Waals surface area contributed by atoms with Gasteiger partial charge in [0.05, 0.1) is 19.3 Å². The number of benzene rings is 1. The van der Waals surface area contributed by atoms with Gasteiger partial charge in [0.2, 0.25) is 5.91 Å². The standard InChI is InChI=1S/C21H28N4O2S/c1-15-6-3-4-9-24(15)13-21(26)25-11-18(16-7-5-8-17(10-16)27-2)19(12-25)20-14-28-23-22-20/h5,7-8,10,14-15,18-19H,3-4,6,9,11-13H2,1-2H3/t15?,18-,19+/m0/s1. The number of aromatic nitrogens is 2. The van der Waals surface area contributed by atoms with Gasteiger partial charge in [-0.05, 0) is 55.5 Å². The Hall–Kier alpha value is -1.99. The molecule has 1 aromatic heterocycles. The van der Waals surface area contributed by atoms with Crippen molar-refractivity contribution in [3.63, 3.8) is 0 Å². The minimum atomic E-state index is 0.175. The van der Waals surface area contributed by atoms with E-state index in [-0.39, 0.29) is 17.7 Å². The van der Waals surface area contributed by atoms with Gasteiger partial charge < -0.3 is 9.64 Å². The highest BCUT2D eigenvalue weighted by Gasteiger charge is 2.39. The number of hydrogen-bond donors (Lipinski definition) is 0. The Labute approximate surface area is 170 Å². The molecule has 3 heterocycles. The van der Waals surface area contributed by atoms with Crippen molar-refractivity contribution in [1.29, 1.82) is 0 Å². The van der Waals surface area contributed by atoms with E-state index in [9.17, 15) is 4.79 Å². The lowest BCUT2D eigenvalue weighted by atomic mass is 9.87. The van der Waals surface area contributed by atoms with Gasteiger partial charge in [0, 0.05) is 36.3 Å². The Morgan fingerprint density at radius 3 is 2.89 bits per heavy atom. The minimum absolute atomic E-state index is 0.175. The van der Waals surface area contributed by atoms with Crippen LogP contribution in [0.1, 0.15) is 49.3 Å². The van der Waals surface area contributed by atoms with Crippen LogP contribution in [0.5, 0.6) is 5.75 Å². The number of likely N-dealkylation sites (tertiary alicyclic amines) is 2. The molecule has 0 bridgehead atoms. The van der Waals surface area contributed by atoms with E-state index in [2.05, 4.69) is 33.5 Å². The number of carbonyl (C=O) groups is 1. The summed E-state index contributed by atoms with van der Waals surface area (Å²) in [5.74, 6) is 1.46. The minimum Gasteiger partial charge on any atom is -0.497 e. The van der Waals surface area contributed by atoms with Crippen LogP contribution in [0.2, 0.25) is 0 Å². The summed E-state index contributed by atoms with van der Waals surface area (Å²) in [7, 11) is 1.69. The number of carbonyl (C=O) groups excluding carboxylic acids is 1. The first-order valence-electron chi connectivity index (χ1n) is 10.1. The van der Waals surface area contributed by atoms with Gasteiger partial charge in [0.25, 0.3) is 0 Å². The third-order valence-electron chi connectivity index (χ3n) is 6.23. The Morgan fingerprint density at radius 2 is 2.14 bits per heavy atom. The quantitative estimate of drug-likeness (QED) is 0.772. The SMILES string of the molecule is COc1cccc([C@@H]2CN(C(=O)CN3CCCCC3C)C[C@H]2c2csnn2)c1. The molecule has 1 amide bonds. The summed E-state index contributed by atoms with van der Waals surface area (Å²) in [5, 5.41) is 6.34. The zero-order valence-electron chi connectivity index (χ0n) is 16.6. The fourth-order valence-corrected chi connectivity index (χ4v) is 5.04. The lowest BCUT2D eigenvalue weighted by Gasteiger charge is -2.33.